The molecule has 1 rings (SSSR count). The van der Waals surface area contributed by atoms with Crippen molar-refractivity contribution >= 4 is 23.4 Å². The zero-order valence-corrected chi connectivity index (χ0v) is 12.6. The Kier molecular flexibility index (Phi) is 6.38. The third kappa shape index (κ3) is 5.07. The smallest absolute Gasteiger partial charge is 0.370 e. The SMILES string of the molecule is CCCNc1cc(N(C)CCSC)nc(C(F)(F)F)n1. The van der Waals surface area contributed by atoms with Crippen molar-refractivity contribution in [3.05, 3.63) is 11.9 Å². The van der Waals surface area contributed by atoms with Crippen LogP contribution in [0.2, 0.25) is 0 Å². The number of rotatable bonds is 7. The summed E-state index contributed by atoms with van der Waals surface area (Å²) >= 11 is 1.63. The zero-order valence-electron chi connectivity index (χ0n) is 11.8. The highest BCUT2D eigenvalue weighted by atomic mass is 32.2. The van der Waals surface area contributed by atoms with Crippen molar-refractivity contribution in [2.75, 3.05) is 42.4 Å². The Balaban J connectivity index is 3.02. The van der Waals surface area contributed by atoms with E-state index in [0.717, 1.165) is 12.2 Å². The van der Waals surface area contributed by atoms with Gasteiger partial charge in [-0.25, -0.2) is 9.97 Å². The molecule has 0 saturated heterocycles. The number of aromatic nitrogens is 2. The average molecular weight is 308 g/mol. The molecule has 0 aliphatic rings. The first-order valence-corrected chi connectivity index (χ1v) is 7.68. The van der Waals surface area contributed by atoms with E-state index >= 15 is 0 Å². The number of hydrogen-bond donors (Lipinski definition) is 1. The average Bonchev–Trinajstić information content (AvgIpc) is 2.41. The molecule has 0 aliphatic carbocycles. The number of thioether (sulfide) groups is 1. The molecule has 1 heterocycles. The second-order valence-corrected chi connectivity index (χ2v) is 5.26. The van der Waals surface area contributed by atoms with Gasteiger partial charge in [-0.2, -0.15) is 24.9 Å². The third-order valence-corrected chi connectivity index (χ3v) is 3.14. The standard InChI is InChI=1S/C12H19F3N4S/c1-4-5-16-9-8-10(19(2)6-7-20-3)18-11(17-9)12(13,14)15/h8H,4-7H2,1-3H3,(H,16,17,18). The topological polar surface area (TPSA) is 41.0 Å². The Hall–Kier alpha value is -1.18. The van der Waals surface area contributed by atoms with Gasteiger partial charge < -0.3 is 10.2 Å². The number of hydrogen-bond acceptors (Lipinski definition) is 5. The molecule has 0 atom stereocenters. The van der Waals surface area contributed by atoms with Crippen molar-refractivity contribution in [2.45, 2.75) is 19.5 Å². The highest BCUT2D eigenvalue weighted by molar-refractivity contribution is 7.98. The maximum atomic E-state index is 12.8. The van der Waals surface area contributed by atoms with Crippen molar-refractivity contribution < 1.29 is 13.2 Å². The van der Waals surface area contributed by atoms with E-state index in [4.69, 9.17) is 0 Å². The lowest BCUT2D eigenvalue weighted by Crippen LogP contribution is -2.24. The van der Waals surface area contributed by atoms with E-state index in [2.05, 4.69) is 15.3 Å². The fourth-order valence-electron chi connectivity index (χ4n) is 1.44. The first-order valence-electron chi connectivity index (χ1n) is 6.28. The summed E-state index contributed by atoms with van der Waals surface area (Å²) in [6.07, 6.45) is -1.79. The monoisotopic (exact) mass is 308 g/mol. The maximum absolute atomic E-state index is 12.8. The van der Waals surface area contributed by atoms with Gasteiger partial charge >= 0.3 is 6.18 Å². The summed E-state index contributed by atoms with van der Waals surface area (Å²) in [5.41, 5.74) is 0. The van der Waals surface area contributed by atoms with Gasteiger partial charge in [0.1, 0.15) is 11.6 Å². The van der Waals surface area contributed by atoms with Crippen molar-refractivity contribution in [3.8, 4) is 0 Å². The van der Waals surface area contributed by atoms with Gasteiger partial charge in [0.15, 0.2) is 0 Å². The fourth-order valence-corrected chi connectivity index (χ4v) is 1.90. The molecule has 0 aliphatic heterocycles. The van der Waals surface area contributed by atoms with Crippen LogP contribution in [-0.4, -0.2) is 42.1 Å². The summed E-state index contributed by atoms with van der Waals surface area (Å²) < 4.78 is 38.4. The Labute approximate surface area is 121 Å². The van der Waals surface area contributed by atoms with Gasteiger partial charge in [-0.15, -0.1) is 0 Å². The molecule has 0 amide bonds. The minimum Gasteiger partial charge on any atom is -0.370 e. The number of anilines is 2. The van der Waals surface area contributed by atoms with Gasteiger partial charge in [0, 0.05) is 32.0 Å². The molecule has 0 fully saturated rings. The van der Waals surface area contributed by atoms with E-state index < -0.39 is 12.0 Å². The van der Waals surface area contributed by atoms with Crippen LogP contribution in [0.4, 0.5) is 24.8 Å². The molecule has 4 nitrogen and oxygen atoms in total. The molecule has 1 aromatic rings. The summed E-state index contributed by atoms with van der Waals surface area (Å²) in [4.78, 5) is 8.83. The number of nitrogens with one attached hydrogen (secondary N) is 1. The minimum absolute atomic E-state index is 0.208. The van der Waals surface area contributed by atoms with Crippen LogP contribution in [0.15, 0.2) is 6.07 Å². The van der Waals surface area contributed by atoms with E-state index in [9.17, 15) is 13.2 Å². The molecule has 0 spiro atoms. The van der Waals surface area contributed by atoms with E-state index in [1.165, 1.54) is 0 Å². The van der Waals surface area contributed by atoms with Crippen LogP contribution in [0.1, 0.15) is 19.2 Å². The van der Waals surface area contributed by atoms with Gasteiger partial charge in [0.25, 0.3) is 0 Å². The van der Waals surface area contributed by atoms with Crippen LogP contribution in [-0.2, 0) is 6.18 Å². The molecular weight excluding hydrogens is 289 g/mol. The molecule has 0 radical (unpaired) electrons. The van der Waals surface area contributed by atoms with Crippen LogP contribution in [0.5, 0.6) is 0 Å². The highest BCUT2D eigenvalue weighted by Crippen LogP contribution is 2.29. The largest absolute Gasteiger partial charge is 0.451 e. The lowest BCUT2D eigenvalue weighted by atomic mass is 10.4. The van der Waals surface area contributed by atoms with Crippen molar-refractivity contribution in [1.29, 1.82) is 0 Å². The van der Waals surface area contributed by atoms with Crippen LogP contribution in [0, 0.1) is 0 Å². The van der Waals surface area contributed by atoms with Crippen molar-refractivity contribution in [2.24, 2.45) is 0 Å². The molecule has 0 unspecified atom stereocenters. The molecule has 1 N–H and O–H groups in total. The van der Waals surface area contributed by atoms with Crippen molar-refractivity contribution in [3.63, 3.8) is 0 Å². The molecule has 114 valence electrons. The predicted octanol–water partition coefficient (Wildman–Crippen LogP) is 3.12. The highest BCUT2D eigenvalue weighted by Gasteiger charge is 2.35. The second kappa shape index (κ2) is 7.56. The van der Waals surface area contributed by atoms with Gasteiger partial charge in [0.2, 0.25) is 5.82 Å². The number of halogens is 3. The van der Waals surface area contributed by atoms with Gasteiger partial charge in [0.05, 0.1) is 0 Å². The van der Waals surface area contributed by atoms with Gasteiger partial charge in [-0.1, -0.05) is 6.92 Å². The van der Waals surface area contributed by atoms with E-state index in [-0.39, 0.29) is 11.6 Å². The van der Waals surface area contributed by atoms with Crippen LogP contribution < -0.4 is 10.2 Å². The van der Waals surface area contributed by atoms with E-state index in [1.54, 1.807) is 29.8 Å². The summed E-state index contributed by atoms with van der Waals surface area (Å²) in [5, 5.41) is 2.88. The molecule has 8 heteroatoms. The molecular formula is C12H19F3N4S. The Morgan fingerprint density at radius 1 is 1.35 bits per heavy atom. The summed E-state index contributed by atoms with van der Waals surface area (Å²) in [6, 6.07) is 1.55. The molecule has 1 aromatic heterocycles. The third-order valence-electron chi connectivity index (χ3n) is 2.54. The van der Waals surface area contributed by atoms with Gasteiger partial charge in [-0.05, 0) is 12.7 Å². The van der Waals surface area contributed by atoms with Gasteiger partial charge in [-0.3, -0.25) is 0 Å². The van der Waals surface area contributed by atoms with Crippen LogP contribution >= 0.6 is 11.8 Å². The quantitative estimate of drug-likeness (QED) is 0.838. The minimum atomic E-state index is -4.54. The number of alkyl halides is 3. The zero-order chi connectivity index (χ0) is 15.2. The summed E-state index contributed by atoms with van der Waals surface area (Å²) in [7, 11) is 1.72. The fraction of sp³-hybridized carbons (Fsp3) is 0.667. The van der Waals surface area contributed by atoms with E-state index in [1.807, 2.05) is 13.2 Å². The molecule has 20 heavy (non-hydrogen) atoms. The summed E-state index contributed by atoms with van der Waals surface area (Å²) in [6.45, 7) is 3.13. The Bertz CT molecular complexity index is 426. The van der Waals surface area contributed by atoms with E-state index in [0.29, 0.717) is 13.1 Å². The van der Waals surface area contributed by atoms with Crippen LogP contribution in [0.25, 0.3) is 0 Å². The Morgan fingerprint density at radius 2 is 2.05 bits per heavy atom. The summed E-state index contributed by atoms with van der Waals surface area (Å²) in [5.74, 6) is 0.198. The normalized spacial score (nSPS) is 11.5. The number of nitrogens with zero attached hydrogens (tertiary/aromatic N) is 3. The van der Waals surface area contributed by atoms with Crippen molar-refractivity contribution in [1.82, 2.24) is 9.97 Å². The molecule has 0 bridgehead atoms. The first-order chi connectivity index (χ1) is 9.38. The predicted molar refractivity (Wildman–Crippen MR) is 77.5 cm³/mol. The lowest BCUT2D eigenvalue weighted by Gasteiger charge is -2.19. The molecule has 0 aromatic carbocycles. The van der Waals surface area contributed by atoms with Crippen LogP contribution in [0.3, 0.4) is 0 Å². The first kappa shape index (κ1) is 16.9. The second-order valence-electron chi connectivity index (χ2n) is 4.27. The molecule has 0 saturated carbocycles. The Morgan fingerprint density at radius 3 is 2.60 bits per heavy atom. The lowest BCUT2D eigenvalue weighted by molar-refractivity contribution is -0.144. The maximum Gasteiger partial charge on any atom is 0.451 e.